The molecule has 5 heteroatoms. The second-order valence-electron chi connectivity index (χ2n) is 6.59. The topological polar surface area (TPSA) is 50.4 Å². The van der Waals surface area contributed by atoms with Crippen LogP contribution in [0.1, 0.15) is 31.2 Å². The van der Waals surface area contributed by atoms with Gasteiger partial charge in [-0.15, -0.1) is 11.8 Å². The van der Waals surface area contributed by atoms with E-state index in [9.17, 15) is 4.79 Å². The second kappa shape index (κ2) is 7.69. The second-order valence-corrected chi connectivity index (χ2v) is 8.13. The van der Waals surface area contributed by atoms with Gasteiger partial charge in [-0.2, -0.15) is 0 Å². The van der Waals surface area contributed by atoms with Gasteiger partial charge in [-0.25, -0.2) is 0 Å². The van der Waals surface area contributed by atoms with Gasteiger partial charge in [0.1, 0.15) is 6.10 Å². The highest BCUT2D eigenvalue weighted by molar-refractivity contribution is 8.00. The highest BCUT2D eigenvalue weighted by Crippen LogP contribution is 2.44. The number of hydrogen-bond acceptors (Lipinski definition) is 4. The van der Waals surface area contributed by atoms with E-state index in [1.54, 1.807) is 0 Å². The molecule has 1 unspecified atom stereocenters. The van der Waals surface area contributed by atoms with Crippen molar-refractivity contribution in [2.24, 2.45) is 0 Å². The summed E-state index contributed by atoms with van der Waals surface area (Å²) in [6, 6.07) is 8.70. The van der Waals surface area contributed by atoms with Gasteiger partial charge in [-0.05, 0) is 31.9 Å². The Balaban J connectivity index is 1.59. The molecule has 0 bridgehead atoms. The van der Waals surface area contributed by atoms with Crippen molar-refractivity contribution >= 4 is 17.7 Å². The molecule has 0 spiro atoms. The maximum atomic E-state index is 12.3. The SMILES string of the molecule is Cc1ccc(SC2(CNC(=O)C3CNCCO3)CCCC2)cc1. The minimum absolute atomic E-state index is 0.0213. The Kier molecular flexibility index (Phi) is 5.62. The predicted octanol–water partition coefficient (Wildman–Crippen LogP) is 2.50. The smallest absolute Gasteiger partial charge is 0.250 e. The molecule has 2 fully saturated rings. The third kappa shape index (κ3) is 4.49. The average Bonchev–Trinajstić information content (AvgIpc) is 3.04. The number of carbonyl (C=O) groups is 1. The van der Waals surface area contributed by atoms with Crippen LogP contribution in [0.15, 0.2) is 29.2 Å². The number of ether oxygens (including phenoxy) is 1. The van der Waals surface area contributed by atoms with Crippen LogP contribution >= 0.6 is 11.8 Å². The highest BCUT2D eigenvalue weighted by atomic mass is 32.2. The molecule has 1 heterocycles. The Hall–Kier alpha value is -1.04. The van der Waals surface area contributed by atoms with Crippen LogP contribution in [0.3, 0.4) is 0 Å². The number of morpholine rings is 1. The zero-order chi connectivity index (χ0) is 16.1. The molecule has 1 saturated carbocycles. The van der Waals surface area contributed by atoms with Crippen LogP contribution < -0.4 is 10.6 Å². The standard InChI is InChI=1S/C18H26N2O2S/c1-14-4-6-15(7-5-14)23-18(8-2-3-9-18)13-20-17(21)16-12-19-10-11-22-16/h4-7,16,19H,2-3,8-13H2,1H3,(H,20,21). The summed E-state index contributed by atoms with van der Waals surface area (Å²) in [5, 5.41) is 6.35. The Morgan fingerprint density at radius 1 is 1.35 bits per heavy atom. The third-order valence-electron chi connectivity index (χ3n) is 4.67. The van der Waals surface area contributed by atoms with Gasteiger partial charge in [0.15, 0.2) is 0 Å². The van der Waals surface area contributed by atoms with E-state index in [2.05, 4.69) is 41.8 Å². The fraction of sp³-hybridized carbons (Fsp3) is 0.611. The van der Waals surface area contributed by atoms with E-state index in [-0.39, 0.29) is 16.8 Å². The summed E-state index contributed by atoms with van der Waals surface area (Å²) in [6.07, 6.45) is 4.48. The molecule has 3 rings (SSSR count). The molecule has 126 valence electrons. The number of rotatable bonds is 5. The number of aryl methyl sites for hydroxylation is 1. The maximum Gasteiger partial charge on any atom is 0.250 e. The van der Waals surface area contributed by atoms with Crippen molar-refractivity contribution in [2.45, 2.75) is 48.4 Å². The molecule has 1 aliphatic heterocycles. The van der Waals surface area contributed by atoms with E-state index in [0.29, 0.717) is 13.2 Å². The summed E-state index contributed by atoms with van der Waals surface area (Å²) < 4.78 is 5.67. The minimum Gasteiger partial charge on any atom is -0.366 e. The van der Waals surface area contributed by atoms with Crippen molar-refractivity contribution in [1.82, 2.24) is 10.6 Å². The van der Waals surface area contributed by atoms with Gasteiger partial charge in [0.05, 0.1) is 6.61 Å². The van der Waals surface area contributed by atoms with Crippen LogP contribution in [0.5, 0.6) is 0 Å². The lowest BCUT2D eigenvalue weighted by Crippen LogP contribution is -2.50. The molecule has 2 N–H and O–H groups in total. The molecule has 1 saturated heterocycles. The Morgan fingerprint density at radius 2 is 2.09 bits per heavy atom. The van der Waals surface area contributed by atoms with Crippen molar-refractivity contribution in [3.05, 3.63) is 29.8 Å². The number of hydrogen-bond donors (Lipinski definition) is 2. The first-order valence-electron chi connectivity index (χ1n) is 8.53. The minimum atomic E-state index is -0.341. The number of carbonyl (C=O) groups excluding carboxylic acids is 1. The lowest BCUT2D eigenvalue weighted by Gasteiger charge is -2.30. The summed E-state index contributed by atoms with van der Waals surface area (Å²) in [4.78, 5) is 13.6. The van der Waals surface area contributed by atoms with E-state index in [1.807, 2.05) is 11.8 Å². The fourth-order valence-corrected chi connectivity index (χ4v) is 4.70. The molecule has 2 aliphatic rings. The van der Waals surface area contributed by atoms with E-state index in [4.69, 9.17) is 4.74 Å². The van der Waals surface area contributed by atoms with E-state index in [1.165, 1.54) is 23.3 Å². The molecule has 1 atom stereocenters. The maximum absolute atomic E-state index is 12.3. The third-order valence-corrected chi connectivity index (χ3v) is 6.17. The van der Waals surface area contributed by atoms with Gasteiger partial charge in [0.25, 0.3) is 5.91 Å². The number of amides is 1. The predicted molar refractivity (Wildman–Crippen MR) is 93.9 cm³/mol. The van der Waals surface area contributed by atoms with Crippen molar-refractivity contribution in [1.29, 1.82) is 0 Å². The number of nitrogens with one attached hydrogen (secondary N) is 2. The Bertz CT molecular complexity index is 520. The molecule has 1 aliphatic carbocycles. The van der Waals surface area contributed by atoms with Gasteiger partial charge in [0, 0.05) is 29.3 Å². The van der Waals surface area contributed by atoms with E-state index >= 15 is 0 Å². The lowest BCUT2D eigenvalue weighted by atomic mass is 10.1. The van der Waals surface area contributed by atoms with Crippen LogP contribution in [0.25, 0.3) is 0 Å². The van der Waals surface area contributed by atoms with Crippen LogP contribution in [-0.4, -0.2) is 43.0 Å². The zero-order valence-electron chi connectivity index (χ0n) is 13.8. The highest BCUT2D eigenvalue weighted by Gasteiger charge is 2.36. The van der Waals surface area contributed by atoms with Gasteiger partial charge in [-0.3, -0.25) is 4.79 Å². The molecule has 0 aromatic heterocycles. The first-order valence-corrected chi connectivity index (χ1v) is 9.34. The van der Waals surface area contributed by atoms with E-state index in [0.717, 1.165) is 25.9 Å². The van der Waals surface area contributed by atoms with Crippen molar-refractivity contribution in [3.8, 4) is 0 Å². The summed E-state index contributed by atoms with van der Waals surface area (Å²) in [5.74, 6) is 0.0213. The van der Waals surface area contributed by atoms with Crippen molar-refractivity contribution < 1.29 is 9.53 Å². The van der Waals surface area contributed by atoms with Gasteiger partial charge in [0.2, 0.25) is 0 Å². The normalized spacial score (nSPS) is 23.6. The largest absolute Gasteiger partial charge is 0.366 e. The van der Waals surface area contributed by atoms with Gasteiger partial charge >= 0.3 is 0 Å². The zero-order valence-corrected chi connectivity index (χ0v) is 14.6. The van der Waals surface area contributed by atoms with Gasteiger partial charge in [-0.1, -0.05) is 30.5 Å². The summed E-state index contributed by atoms with van der Waals surface area (Å²) >= 11 is 1.92. The first kappa shape index (κ1) is 16.8. The summed E-state index contributed by atoms with van der Waals surface area (Å²) in [5.41, 5.74) is 1.28. The Labute approximate surface area is 142 Å². The monoisotopic (exact) mass is 334 g/mol. The van der Waals surface area contributed by atoms with Crippen molar-refractivity contribution in [3.63, 3.8) is 0 Å². The summed E-state index contributed by atoms with van der Waals surface area (Å²) in [6.45, 7) is 4.89. The molecule has 4 nitrogen and oxygen atoms in total. The number of thioether (sulfide) groups is 1. The van der Waals surface area contributed by atoms with Crippen LogP contribution in [0.4, 0.5) is 0 Å². The Morgan fingerprint density at radius 3 is 2.74 bits per heavy atom. The number of benzene rings is 1. The van der Waals surface area contributed by atoms with Crippen molar-refractivity contribution in [2.75, 3.05) is 26.2 Å². The summed E-state index contributed by atoms with van der Waals surface area (Å²) in [7, 11) is 0. The van der Waals surface area contributed by atoms with E-state index < -0.39 is 0 Å². The molecule has 1 aromatic rings. The van der Waals surface area contributed by atoms with Crippen LogP contribution in [-0.2, 0) is 9.53 Å². The average molecular weight is 334 g/mol. The quantitative estimate of drug-likeness (QED) is 0.869. The molecular formula is C18H26N2O2S. The molecule has 23 heavy (non-hydrogen) atoms. The van der Waals surface area contributed by atoms with Crippen LogP contribution in [0.2, 0.25) is 0 Å². The lowest BCUT2D eigenvalue weighted by molar-refractivity contribution is -0.134. The molecular weight excluding hydrogens is 308 g/mol. The van der Waals surface area contributed by atoms with Gasteiger partial charge < -0.3 is 15.4 Å². The molecule has 1 amide bonds. The molecule has 1 aromatic carbocycles. The van der Waals surface area contributed by atoms with Crippen LogP contribution in [0, 0.1) is 6.92 Å². The fourth-order valence-electron chi connectivity index (χ4n) is 3.29. The first-order chi connectivity index (χ1) is 11.2. The molecule has 0 radical (unpaired) electrons.